The Morgan fingerprint density at radius 1 is 1.26 bits per heavy atom. The van der Waals surface area contributed by atoms with Gasteiger partial charge in [-0.05, 0) is 12.5 Å². The second-order valence-electron chi connectivity index (χ2n) is 5.58. The standard InChI is InChI=1S/C17H16N4O2/c22-16-13(11-21-8-4-7-18-17(21)19-16)9-14-10-15(20-23-14)12-5-2-1-3-6-12/h1-3,5-6,9-10H,4,7-8,11H2,(H,18,19,22)/b13-9-. The van der Waals surface area contributed by atoms with Crippen LogP contribution in [0.5, 0.6) is 0 Å². The second kappa shape index (κ2) is 5.72. The fourth-order valence-corrected chi connectivity index (χ4v) is 2.77. The first-order chi connectivity index (χ1) is 11.3. The maximum Gasteiger partial charge on any atom is 0.255 e. The van der Waals surface area contributed by atoms with Crippen molar-refractivity contribution < 1.29 is 9.32 Å². The van der Waals surface area contributed by atoms with Crippen LogP contribution in [0.25, 0.3) is 17.3 Å². The highest BCUT2D eigenvalue weighted by Gasteiger charge is 2.27. The highest BCUT2D eigenvalue weighted by atomic mass is 16.5. The quantitative estimate of drug-likeness (QED) is 0.860. The molecule has 0 atom stereocenters. The molecule has 2 aliphatic heterocycles. The summed E-state index contributed by atoms with van der Waals surface area (Å²) in [7, 11) is 0. The number of hydrogen-bond donors (Lipinski definition) is 1. The Bertz CT molecular complexity index is 792. The normalized spacial score (nSPS) is 19.3. The lowest BCUT2D eigenvalue weighted by Crippen LogP contribution is -2.53. The third-order valence-electron chi connectivity index (χ3n) is 3.94. The number of aliphatic imine (C=N–C) groups is 1. The van der Waals surface area contributed by atoms with Crippen molar-refractivity contribution in [2.75, 3.05) is 19.6 Å². The first-order valence-electron chi connectivity index (χ1n) is 7.63. The van der Waals surface area contributed by atoms with Gasteiger partial charge in [-0.3, -0.25) is 15.1 Å². The van der Waals surface area contributed by atoms with E-state index in [4.69, 9.17) is 4.52 Å². The zero-order valence-electron chi connectivity index (χ0n) is 12.5. The minimum absolute atomic E-state index is 0.125. The minimum atomic E-state index is -0.125. The predicted molar refractivity (Wildman–Crippen MR) is 86.6 cm³/mol. The number of fused-ring (bicyclic) bond motifs is 1. The molecule has 0 unspecified atom stereocenters. The van der Waals surface area contributed by atoms with Gasteiger partial charge in [-0.1, -0.05) is 35.5 Å². The van der Waals surface area contributed by atoms with E-state index < -0.39 is 0 Å². The molecule has 0 saturated carbocycles. The minimum Gasteiger partial charge on any atom is -0.356 e. The molecule has 3 heterocycles. The molecule has 1 aromatic heterocycles. The number of carbonyl (C=O) groups excluding carboxylic acids is 1. The number of amides is 1. The van der Waals surface area contributed by atoms with Gasteiger partial charge >= 0.3 is 0 Å². The molecule has 2 aromatic rings. The van der Waals surface area contributed by atoms with Crippen molar-refractivity contribution in [3.63, 3.8) is 0 Å². The summed E-state index contributed by atoms with van der Waals surface area (Å²) in [5, 5.41) is 6.90. The smallest absolute Gasteiger partial charge is 0.255 e. The summed E-state index contributed by atoms with van der Waals surface area (Å²) in [6.07, 6.45) is 2.76. The zero-order chi connectivity index (χ0) is 15.6. The Balaban J connectivity index is 1.58. The number of rotatable bonds is 2. The molecule has 1 saturated heterocycles. The average Bonchev–Trinajstić information content (AvgIpc) is 3.05. The monoisotopic (exact) mass is 308 g/mol. The van der Waals surface area contributed by atoms with Crippen LogP contribution < -0.4 is 5.32 Å². The van der Waals surface area contributed by atoms with Crippen LogP contribution in [0.4, 0.5) is 0 Å². The summed E-state index contributed by atoms with van der Waals surface area (Å²) in [6.45, 7) is 2.22. The van der Waals surface area contributed by atoms with Gasteiger partial charge in [-0.15, -0.1) is 0 Å². The van der Waals surface area contributed by atoms with Gasteiger partial charge in [0.15, 0.2) is 5.76 Å². The van der Waals surface area contributed by atoms with Gasteiger partial charge in [0.2, 0.25) is 5.96 Å². The van der Waals surface area contributed by atoms with Crippen LogP contribution >= 0.6 is 0 Å². The molecule has 1 N–H and O–H groups in total. The first kappa shape index (κ1) is 13.8. The summed E-state index contributed by atoms with van der Waals surface area (Å²) in [5.41, 5.74) is 2.40. The Kier molecular flexibility index (Phi) is 3.42. The summed E-state index contributed by atoms with van der Waals surface area (Å²) in [6, 6.07) is 11.6. The van der Waals surface area contributed by atoms with Gasteiger partial charge in [0.05, 0.1) is 6.54 Å². The summed E-state index contributed by atoms with van der Waals surface area (Å²) in [4.78, 5) is 18.6. The van der Waals surface area contributed by atoms with E-state index in [-0.39, 0.29) is 5.91 Å². The van der Waals surface area contributed by atoms with Crippen LogP contribution in [0.2, 0.25) is 0 Å². The molecule has 2 aliphatic rings. The Morgan fingerprint density at radius 2 is 2.13 bits per heavy atom. The number of carbonyl (C=O) groups is 1. The third kappa shape index (κ3) is 2.75. The van der Waals surface area contributed by atoms with Crippen molar-refractivity contribution in [2.24, 2.45) is 4.99 Å². The number of nitrogens with zero attached hydrogens (tertiary/aromatic N) is 3. The van der Waals surface area contributed by atoms with Crippen molar-refractivity contribution in [1.29, 1.82) is 0 Å². The number of hydrogen-bond acceptors (Lipinski definition) is 5. The molecular formula is C17H16N4O2. The van der Waals surface area contributed by atoms with E-state index in [1.807, 2.05) is 36.4 Å². The lowest BCUT2D eigenvalue weighted by atomic mass is 10.1. The van der Waals surface area contributed by atoms with E-state index in [0.29, 0.717) is 23.8 Å². The molecule has 1 aromatic carbocycles. The molecule has 0 spiro atoms. The average molecular weight is 308 g/mol. The second-order valence-corrected chi connectivity index (χ2v) is 5.58. The largest absolute Gasteiger partial charge is 0.356 e. The molecule has 1 fully saturated rings. The number of aromatic nitrogens is 1. The van der Waals surface area contributed by atoms with Crippen LogP contribution in [-0.4, -0.2) is 41.6 Å². The summed E-state index contributed by atoms with van der Waals surface area (Å²) in [5.74, 6) is 1.13. The Labute approximate surface area is 133 Å². The number of benzene rings is 1. The first-order valence-corrected chi connectivity index (χ1v) is 7.63. The van der Waals surface area contributed by atoms with E-state index >= 15 is 0 Å². The van der Waals surface area contributed by atoms with Gasteiger partial charge in [-0.2, -0.15) is 0 Å². The molecule has 0 aliphatic carbocycles. The maximum absolute atomic E-state index is 12.2. The summed E-state index contributed by atoms with van der Waals surface area (Å²) < 4.78 is 5.35. The van der Waals surface area contributed by atoms with Gasteiger partial charge in [0.1, 0.15) is 5.69 Å². The Hall–Kier alpha value is -2.89. The maximum atomic E-state index is 12.2. The van der Waals surface area contributed by atoms with Crippen LogP contribution in [0.3, 0.4) is 0 Å². The van der Waals surface area contributed by atoms with E-state index in [1.165, 1.54) is 0 Å². The van der Waals surface area contributed by atoms with Crippen molar-refractivity contribution >= 4 is 17.9 Å². The highest BCUT2D eigenvalue weighted by molar-refractivity contribution is 6.10. The van der Waals surface area contributed by atoms with Crippen LogP contribution in [0, 0.1) is 0 Å². The fourth-order valence-electron chi connectivity index (χ4n) is 2.77. The molecular weight excluding hydrogens is 292 g/mol. The predicted octanol–water partition coefficient (Wildman–Crippen LogP) is 1.92. The molecule has 0 radical (unpaired) electrons. The molecule has 1 amide bonds. The SMILES string of the molecule is O=C1NC2=NCCCN2C/C1=C/c1cc(-c2ccccc2)no1. The number of guanidine groups is 1. The Morgan fingerprint density at radius 3 is 3.00 bits per heavy atom. The molecule has 4 rings (SSSR count). The van der Waals surface area contributed by atoms with Gasteiger partial charge in [0, 0.05) is 30.3 Å². The molecule has 23 heavy (non-hydrogen) atoms. The zero-order valence-corrected chi connectivity index (χ0v) is 12.5. The van der Waals surface area contributed by atoms with E-state index in [9.17, 15) is 4.79 Å². The van der Waals surface area contributed by atoms with Crippen molar-refractivity contribution in [1.82, 2.24) is 15.4 Å². The van der Waals surface area contributed by atoms with E-state index in [2.05, 4.69) is 20.4 Å². The molecule has 6 heteroatoms. The van der Waals surface area contributed by atoms with E-state index in [0.717, 1.165) is 30.8 Å². The van der Waals surface area contributed by atoms with Crippen LogP contribution in [0.1, 0.15) is 12.2 Å². The van der Waals surface area contributed by atoms with Crippen molar-refractivity contribution in [2.45, 2.75) is 6.42 Å². The lowest BCUT2D eigenvalue weighted by Gasteiger charge is -2.33. The third-order valence-corrected chi connectivity index (χ3v) is 3.94. The fraction of sp³-hybridized carbons (Fsp3) is 0.235. The van der Waals surface area contributed by atoms with Crippen molar-refractivity contribution in [3.05, 3.63) is 47.7 Å². The van der Waals surface area contributed by atoms with Crippen LogP contribution in [0.15, 0.2) is 51.5 Å². The topological polar surface area (TPSA) is 70.7 Å². The van der Waals surface area contributed by atoms with Crippen molar-refractivity contribution in [3.8, 4) is 11.3 Å². The molecule has 116 valence electrons. The van der Waals surface area contributed by atoms with E-state index in [1.54, 1.807) is 6.08 Å². The van der Waals surface area contributed by atoms with Gasteiger partial charge in [-0.25, -0.2) is 0 Å². The number of nitrogens with one attached hydrogen (secondary N) is 1. The van der Waals surface area contributed by atoms with Gasteiger partial charge < -0.3 is 9.42 Å². The molecule has 0 bridgehead atoms. The molecule has 6 nitrogen and oxygen atoms in total. The highest BCUT2D eigenvalue weighted by Crippen LogP contribution is 2.21. The summed E-state index contributed by atoms with van der Waals surface area (Å²) >= 11 is 0. The van der Waals surface area contributed by atoms with Gasteiger partial charge in [0.25, 0.3) is 5.91 Å². The lowest BCUT2D eigenvalue weighted by molar-refractivity contribution is -0.117. The van der Waals surface area contributed by atoms with Crippen LogP contribution in [-0.2, 0) is 4.79 Å².